The number of hydrogen-bond acceptors (Lipinski definition) is 8. The molecule has 4 aromatic rings. The van der Waals surface area contributed by atoms with E-state index in [-0.39, 0.29) is 18.1 Å². The number of oxazole rings is 1. The van der Waals surface area contributed by atoms with Gasteiger partial charge >= 0.3 is 0 Å². The third kappa shape index (κ3) is 7.27. The average Bonchev–Trinajstić information content (AvgIpc) is 3.49. The lowest BCUT2D eigenvalue weighted by Crippen LogP contribution is -2.36. The lowest BCUT2D eigenvalue weighted by Gasteiger charge is -2.30. The highest BCUT2D eigenvalue weighted by Gasteiger charge is 2.24. The van der Waals surface area contributed by atoms with Crippen LogP contribution in [0, 0.1) is 6.92 Å². The van der Waals surface area contributed by atoms with Crippen molar-refractivity contribution in [2.24, 2.45) is 0 Å². The van der Waals surface area contributed by atoms with Crippen molar-refractivity contribution < 1.29 is 28.6 Å². The van der Waals surface area contributed by atoms with Crippen LogP contribution in [0.1, 0.15) is 67.3 Å². The van der Waals surface area contributed by atoms with E-state index < -0.39 is 6.10 Å². The number of fused-ring (bicyclic) bond motifs is 2. The van der Waals surface area contributed by atoms with Crippen LogP contribution in [0.3, 0.4) is 0 Å². The van der Waals surface area contributed by atoms with Gasteiger partial charge in [0.05, 0.1) is 18.9 Å². The number of hydrogen-bond donors (Lipinski definition) is 1. The minimum Gasteiger partial charge on any atom is -0.497 e. The molecule has 0 unspecified atom stereocenters. The molecule has 0 saturated carbocycles. The van der Waals surface area contributed by atoms with Gasteiger partial charge in [0, 0.05) is 50.3 Å². The Balaban J connectivity index is 0.964. The Labute approximate surface area is 263 Å². The van der Waals surface area contributed by atoms with Crippen molar-refractivity contribution in [2.75, 3.05) is 26.7 Å². The predicted molar refractivity (Wildman–Crippen MR) is 168 cm³/mol. The first kappa shape index (κ1) is 30.6. The van der Waals surface area contributed by atoms with E-state index in [0.717, 1.165) is 47.8 Å². The molecule has 0 bridgehead atoms. The summed E-state index contributed by atoms with van der Waals surface area (Å²) in [5.41, 5.74) is 6.78. The molecule has 0 saturated heterocycles. The largest absolute Gasteiger partial charge is 0.497 e. The van der Waals surface area contributed by atoms with Gasteiger partial charge in [-0.1, -0.05) is 18.2 Å². The monoisotopic (exact) mass is 609 g/mol. The predicted octanol–water partition coefficient (Wildman–Crippen LogP) is 5.15. The topological polar surface area (TPSA) is 105 Å². The van der Waals surface area contributed by atoms with E-state index in [0.29, 0.717) is 56.0 Å². The van der Waals surface area contributed by atoms with Gasteiger partial charge in [0.1, 0.15) is 18.1 Å². The molecule has 9 heteroatoms. The average molecular weight is 610 g/mol. The Hall–Kier alpha value is -4.47. The Bertz CT molecular complexity index is 1660. The lowest BCUT2D eigenvalue weighted by molar-refractivity contribution is 0.0734. The highest BCUT2D eigenvalue weighted by atomic mass is 16.5. The number of rotatable bonds is 11. The molecule has 0 fully saturated rings. The summed E-state index contributed by atoms with van der Waals surface area (Å²) in [5.74, 6) is 2.27. The highest BCUT2D eigenvalue weighted by molar-refractivity contribution is 5.96. The van der Waals surface area contributed by atoms with Crippen LogP contribution >= 0.6 is 0 Å². The molecule has 45 heavy (non-hydrogen) atoms. The lowest BCUT2D eigenvalue weighted by atomic mass is 9.94. The van der Waals surface area contributed by atoms with Gasteiger partial charge < -0.3 is 23.9 Å². The van der Waals surface area contributed by atoms with E-state index in [1.54, 1.807) is 31.4 Å². The van der Waals surface area contributed by atoms with Crippen LogP contribution < -0.4 is 9.47 Å². The Morgan fingerprint density at radius 2 is 1.62 bits per heavy atom. The molecule has 0 radical (unpaired) electrons. The molecule has 2 aliphatic rings. The number of carbonyl (C=O) groups excluding carboxylic acids is 2. The van der Waals surface area contributed by atoms with E-state index in [1.807, 2.05) is 36.1 Å². The summed E-state index contributed by atoms with van der Waals surface area (Å²) in [6, 6.07) is 19.1. The highest BCUT2D eigenvalue weighted by Crippen LogP contribution is 2.26. The van der Waals surface area contributed by atoms with Gasteiger partial charge in [0.15, 0.2) is 17.9 Å². The maximum atomic E-state index is 13.1. The second-order valence-corrected chi connectivity index (χ2v) is 11.9. The zero-order valence-electron chi connectivity index (χ0n) is 25.8. The fourth-order valence-corrected chi connectivity index (χ4v) is 6.09. The molecule has 3 aromatic carbocycles. The van der Waals surface area contributed by atoms with Crippen molar-refractivity contribution in [3.8, 4) is 11.5 Å². The molecule has 1 aromatic heterocycles. The molecule has 0 aliphatic carbocycles. The van der Waals surface area contributed by atoms with Gasteiger partial charge in [0.25, 0.3) is 5.91 Å². The SMILES string of the molecule is COc1ccc(C(=O)N2CCc3cc(C(=O)CC[C@H](O)CN4CCc5cc(OCc6ocnc6C)ccc5C4)ccc3C2)cc1. The summed E-state index contributed by atoms with van der Waals surface area (Å²) in [7, 11) is 1.60. The van der Waals surface area contributed by atoms with E-state index in [4.69, 9.17) is 13.9 Å². The maximum Gasteiger partial charge on any atom is 0.254 e. The van der Waals surface area contributed by atoms with Gasteiger partial charge in [0.2, 0.25) is 0 Å². The van der Waals surface area contributed by atoms with Crippen molar-refractivity contribution in [2.45, 2.75) is 58.4 Å². The van der Waals surface area contributed by atoms with Crippen LogP contribution in [-0.4, -0.2) is 64.4 Å². The van der Waals surface area contributed by atoms with Crippen molar-refractivity contribution in [3.63, 3.8) is 0 Å². The Morgan fingerprint density at radius 1 is 0.911 bits per heavy atom. The minimum absolute atomic E-state index is 0.0115. The van der Waals surface area contributed by atoms with E-state index in [2.05, 4.69) is 22.0 Å². The Morgan fingerprint density at radius 3 is 2.40 bits per heavy atom. The fourth-order valence-electron chi connectivity index (χ4n) is 6.09. The first-order valence-electron chi connectivity index (χ1n) is 15.5. The van der Waals surface area contributed by atoms with E-state index in [9.17, 15) is 14.7 Å². The summed E-state index contributed by atoms with van der Waals surface area (Å²) in [4.78, 5) is 34.3. The number of benzene rings is 3. The van der Waals surface area contributed by atoms with Crippen molar-refractivity contribution >= 4 is 11.7 Å². The van der Waals surface area contributed by atoms with Crippen molar-refractivity contribution in [1.29, 1.82) is 0 Å². The van der Waals surface area contributed by atoms with Crippen molar-refractivity contribution in [3.05, 3.63) is 112 Å². The third-order valence-electron chi connectivity index (χ3n) is 8.82. The summed E-state index contributed by atoms with van der Waals surface area (Å²) in [6.45, 7) is 5.48. The Kier molecular flexibility index (Phi) is 9.28. The molecule has 1 amide bonds. The maximum absolute atomic E-state index is 13.1. The number of carbonyl (C=O) groups is 2. The van der Waals surface area contributed by atoms with Crippen LogP contribution in [0.4, 0.5) is 0 Å². The van der Waals surface area contributed by atoms with E-state index in [1.165, 1.54) is 17.5 Å². The molecule has 6 rings (SSSR count). The second kappa shape index (κ2) is 13.7. The number of ketones is 1. The fraction of sp³-hybridized carbons (Fsp3) is 0.361. The molecular weight excluding hydrogens is 570 g/mol. The zero-order chi connectivity index (χ0) is 31.3. The number of amides is 1. The number of aliphatic hydroxyl groups excluding tert-OH is 1. The molecule has 3 heterocycles. The summed E-state index contributed by atoms with van der Waals surface area (Å²) in [5, 5.41) is 10.8. The zero-order valence-corrected chi connectivity index (χ0v) is 25.8. The smallest absolute Gasteiger partial charge is 0.254 e. The van der Waals surface area contributed by atoms with Crippen LogP contribution in [0.5, 0.6) is 11.5 Å². The van der Waals surface area contributed by atoms with Crippen LogP contribution in [0.25, 0.3) is 0 Å². The van der Waals surface area contributed by atoms with Gasteiger partial charge in [-0.05, 0) is 90.9 Å². The summed E-state index contributed by atoms with van der Waals surface area (Å²) in [6.07, 6.45) is 3.12. The number of aryl methyl sites for hydroxylation is 1. The van der Waals surface area contributed by atoms with Crippen LogP contribution in [0.15, 0.2) is 71.5 Å². The number of ether oxygens (including phenoxy) is 2. The van der Waals surface area contributed by atoms with Gasteiger partial charge in [-0.2, -0.15) is 0 Å². The normalized spacial score (nSPS) is 15.2. The number of β-amino-alcohol motifs (C(OH)–C–C–N with tert-alkyl or cyclic N) is 1. The minimum atomic E-state index is -0.585. The molecule has 9 nitrogen and oxygen atoms in total. The quantitative estimate of drug-likeness (QED) is 0.233. The van der Waals surface area contributed by atoms with Gasteiger partial charge in [-0.15, -0.1) is 0 Å². The second-order valence-electron chi connectivity index (χ2n) is 11.9. The number of Topliss-reactive ketones (excluding diaryl/α,β-unsaturated/α-hetero) is 1. The molecule has 2 aliphatic heterocycles. The van der Waals surface area contributed by atoms with E-state index >= 15 is 0 Å². The van der Waals surface area contributed by atoms with Crippen LogP contribution in [-0.2, 0) is 32.5 Å². The van der Waals surface area contributed by atoms with Gasteiger partial charge in [-0.25, -0.2) is 4.98 Å². The third-order valence-corrected chi connectivity index (χ3v) is 8.82. The van der Waals surface area contributed by atoms with Crippen molar-refractivity contribution in [1.82, 2.24) is 14.8 Å². The standard InChI is InChI=1S/C36H39N3O6/c1-24-35(45-23-37-24)22-44-33-11-7-29-19-38(15-13-27(29)18-33)21-31(40)8-12-34(41)28-3-4-30-20-39(16-14-26(30)17-28)36(42)25-5-9-32(43-2)10-6-25/h3-7,9-11,17-18,23,31,40H,8,12-16,19-22H2,1-2H3/t31-/m0/s1. The molecule has 1 atom stereocenters. The number of aliphatic hydroxyl groups is 1. The molecule has 0 spiro atoms. The number of methoxy groups -OCH3 is 1. The molecular formula is C36H39N3O6. The van der Waals surface area contributed by atoms with Gasteiger partial charge in [-0.3, -0.25) is 14.5 Å². The van der Waals surface area contributed by atoms with Crippen LogP contribution in [0.2, 0.25) is 0 Å². The summed E-state index contributed by atoms with van der Waals surface area (Å²) >= 11 is 0. The first-order chi connectivity index (χ1) is 21.9. The summed E-state index contributed by atoms with van der Waals surface area (Å²) < 4.78 is 16.5. The molecule has 1 N–H and O–H groups in total. The number of aromatic nitrogens is 1. The first-order valence-corrected chi connectivity index (χ1v) is 15.5. The molecule has 234 valence electrons. The number of nitrogens with zero attached hydrogens (tertiary/aromatic N) is 3.